The minimum absolute atomic E-state index is 0.0189. The maximum Gasteiger partial charge on any atom is 0.416 e. The quantitative estimate of drug-likeness (QED) is 0.556. The molecular weight excluding hydrogens is 351 g/mol. The van der Waals surface area contributed by atoms with Gasteiger partial charge in [0.2, 0.25) is 0 Å². The predicted octanol–water partition coefficient (Wildman–Crippen LogP) is 5.78. The number of ketones is 1. The Balaban J connectivity index is 1.63. The number of carbonyl (C=O) groups excluding carboxylic acids is 1. The summed E-state index contributed by atoms with van der Waals surface area (Å²) in [4.78, 5) is 12.2. The summed E-state index contributed by atoms with van der Waals surface area (Å²) < 4.78 is 38.3. The fourth-order valence-corrected chi connectivity index (χ4v) is 3.15. The van der Waals surface area contributed by atoms with Crippen molar-refractivity contribution in [3.05, 3.63) is 83.4 Å². The van der Waals surface area contributed by atoms with Gasteiger partial charge in [0.05, 0.1) is 5.56 Å². The molecule has 27 heavy (non-hydrogen) atoms. The molecule has 0 amide bonds. The second kappa shape index (κ2) is 7.92. The Morgan fingerprint density at radius 1 is 1.00 bits per heavy atom. The molecular formula is C22H20F3NO. The zero-order chi connectivity index (χ0) is 19.4. The van der Waals surface area contributed by atoms with E-state index in [9.17, 15) is 18.0 Å². The van der Waals surface area contributed by atoms with Crippen LogP contribution in [0.1, 0.15) is 40.9 Å². The van der Waals surface area contributed by atoms with Crippen molar-refractivity contribution in [2.75, 3.05) is 6.54 Å². The average Bonchev–Trinajstić information content (AvgIpc) is 2.66. The highest BCUT2D eigenvalue weighted by Crippen LogP contribution is 2.29. The molecule has 3 aromatic carbocycles. The molecule has 1 N–H and O–H groups in total. The highest BCUT2D eigenvalue weighted by Gasteiger charge is 2.30. The topological polar surface area (TPSA) is 29.1 Å². The van der Waals surface area contributed by atoms with Crippen molar-refractivity contribution in [1.29, 1.82) is 0 Å². The molecule has 0 saturated heterocycles. The minimum atomic E-state index is -4.45. The molecule has 0 aliphatic carbocycles. The number of benzene rings is 3. The minimum Gasteiger partial charge on any atom is -0.310 e. The van der Waals surface area contributed by atoms with E-state index in [4.69, 9.17) is 0 Å². The van der Waals surface area contributed by atoms with E-state index in [-0.39, 0.29) is 23.8 Å². The number of hydrogen-bond acceptors (Lipinski definition) is 2. The third-order valence-electron chi connectivity index (χ3n) is 4.60. The third kappa shape index (κ3) is 4.55. The van der Waals surface area contributed by atoms with Crippen LogP contribution in [-0.4, -0.2) is 12.3 Å². The van der Waals surface area contributed by atoms with Crippen molar-refractivity contribution in [3.8, 4) is 0 Å². The number of nitrogens with one attached hydrogen (secondary N) is 1. The first-order valence-corrected chi connectivity index (χ1v) is 8.78. The van der Waals surface area contributed by atoms with Crippen molar-refractivity contribution >= 4 is 16.6 Å². The molecule has 1 atom stereocenters. The summed E-state index contributed by atoms with van der Waals surface area (Å²) >= 11 is 0. The van der Waals surface area contributed by atoms with E-state index in [2.05, 4.69) is 11.4 Å². The van der Waals surface area contributed by atoms with Gasteiger partial charge < -0.3 is 5.32 Å². The molecule has 0 unspecified atom stereocenters. The zero-order valence-electron chi connectivity index (χ0n) is 14.9. The third-order valence-corrected chi connectivity index (χ3v) is 4.60. The lowest BCUT2D eigenvalue weighted by Crippen LogP contribution is -2.22. The first-order chi connectivity index (χ1) is 12.9. The van der Waals surface area contributed by atoms with Crippen LogP contribution in [0.5, 0.6) is 0 Å². The van der Waals surface area contributed by atoms with E-state index >= 15 is 0 Å². The first-order valence-electron chi connectivity index (χ1n) is 8.78. The molecule has 0 aliphatic heterocycles. The van der Waals surface area contributed by atoms with Gasteiger partial charge in [-0.25, -0.2) is 0 Å². The molecule has 0 spiro atoms. The molecule has 0 radical (unpaired) electrons. The lowest BCUT2D eigenvalue weighted by Gasteiger charge is -2.16. The van der Waals surface area contributed by atoms with Gasteiger partial charge in [-0.1, -0.05) is 54.6 Å². The molecule has 0 aromatic heterocycles. The summed E-state index contributed by atoms with van der Waals surface area (Å²) in [6.07, 6.45) is -4.31. The van der Waals surface area contributed by atoms with Gasteiger partial charge in [-0.05, 0) is 35.4 Å². The number of halogens is 3. The second-order valence-electron chi connectivity index (χ2n) is 6.50. The first kappa shape index (κ1) is 19.1. The Labute approximate surface area is 156 Å². The van der Waals surface area contributed by atoms with Crippen molar-refractivity contribution in [1.82, 2.24) is 5.32 Å². The van der Waals surface area contributed by atoms with Crippen molar-refractivity contribution < 1.29 is 18.0 Å². The highest BCUT2D eigenvalue weighted by molar-refractivity contribution is 5.96. The zero-order valence-corrected chi connectivity index (χ0v) is 14.9. The van der Waals surface area contributed by atoms with Gasteiger partial charge in [0.25, 0.3) is 0 Å². The van der Waals surface area contributed by atoms with Gasteiger partial charge in [0, 0.05) is 24.6 Å². The highest BCUT2D eigenvalue weighted by atomic mass is 19.4. The lowest BCUT2D eigenvalue weighted by molar-refractivity contribution is -0.137. The van der Waals surface area contributed by atoms with Crippen molar-refractivity contribution in [2.24, 2.45) is 0 Å². The molecule has 140 valence electrons. The average molecular weight is 371 g/mol. The van der Waals surface area contributed by atoms with E-state index in [1.165, 1.54) is 12.1 Å². The van der Waals surface area contributed by atoms with Gasteiger partial charge >= 0.3 is 6.18 Å². The number of hydrogen-bond donors (Lipinski definition) is 1. The molecule has 2 nitrogen and oxygen atoms in total. The van der Waals surface area contributed by atoms with Crippen LogP contribution in [0.2, 0.25) is 0 Å². The molecule has 0 heterocycles. The normalized spacial score (nSPS) is 12.9. The van der Waals surface area contributed by atoms with Crippen LogP contribution in [-0.2, 0) is 6.18 Å². The van der Waals surface area contributed by atoms with E-state index in [1.54, 1.807) is 0 Å². The van der Waals surface area contributed by atoms with Crippen LogP contribution < -0.4 is 5.32 Å². The Morgan fingerprint density at radius 3 is 2.48 bits per heavy atom. The largest absolute Gasteiger partial charge is 0.416 e. The van der Waals surface area contributed by atoms with Crippen LogP contribution in [0.25, 0.3) is 10.8 Å². The Morgan fingerprint density at radius 2 is 1.70 bits per heavy atom. The van der Waals surface area contributed by atoms with E-state index in [1.807, 2.05) is 43.3 Å². The van der Waals surface area contributed by atoms with Crippen LogP contribution in [0.15, 0.2) is 66.7 Å². The number of Topliss-reactive ketones (excluding diaryl/α,β-unsaturated/α-hetero) is 1. The van der Waals surface area contributed by atoms with Gasteiger partial charge in [-0.15, -0.1) is 0 Å². The molecule has 5 heteroatoms. The van der Waals surface area contributed by atoms with E-state index in [0.717, 1.165) is 28.5 Å². The van der Waals surface area contributed by atoms with Crippen LogP contribution in [0.4, 0.5) is 13.2 Å². The molecule has 3 rings (SSSR count). The number of fused-ring (bicyclic) bond motifs is 1. The summed E-state index contributed by atoms with van der Waals surface area (Å²) in [5.74, 6) is -0.307. The summed E-state index contributed by atoms with van der Waals surface area (Å²) in [6, 6.07) is 18.7. The monoisotopic (exact) mass is 371 g/mol. The fourth-order valence-electron chi connectivity index (χ4n) is 3.15. The predicted molar refractivity (Wildman–Crippen MR) is 101 cm³/mol. The fraction of sp³-hybridized carbons (Fsp3) is 0.227. The van der Waals surface area contributed by atoms with Crippen molar-refractivity contribution in [2.45, 2.75) is 25.6 Å². The maximum absolute atomic E-state index is 12.8. The van der Waals surface area contributed by atoms with Gasteiger partial charge in [0.15, 0.2) is 5.78 Å². The Kier molecular flexibility index (Phi) is 5.61. The standard InChI is InChI=1S/C22H20F3NO/c1-15(19-11-5-7-16-6-2-3-10-20(16)19)26-13-12-21(27)17-8-4-9-18(14-17)22(23,24)25/h2-11,14-15,26H,12-13H2,1H3/t15-/m1/s1. The molecule has 3 aromatic rings. The molecule has 0 aliphatic rings. The van der Waals surface area contributed by atoms with Gasteiger partial charge in [-0.2, -0.15) is 13.2 Å². The van der Waals surface area contributed by atoms with Crippen LogP contribution in [0, 0.1) is 0 Å². The summed E-state index contributed by atoms with van der Waals surface area (Å²) in [6.45, 7) is 2.40. The Bertz CT molecular complexity index is 944. The van der Waals surface area contributed by atoms with Crippen LogP contribution >= 0.6 is 0 Å². The van der Waals surface area contributed by atoms with E-state index in [0.29, 0.717) is 6.54 Å². The summed E-state index contributed by atoms with van der Waals surface area (Å²) in [5, 5.41) is 5.58. The maximum atomic E-state index is 12.8. The Hall–Kier alpha value is -2.66. The summed E-state index contributed by atoms with van der Waals surface area (Å²) in [7, 11) is 0. The van der Waals surface area contributed by atoms with E-state index < -0.39 is 11.7 Å². The van der Waals surface area contributed by atoms with Gasteiger partial charge in [-0.3, -0.25) is 4.79 Å². The SMILES string of the molecule is C[C@@H](NCCC(=O)c1cccc(C(F)(F)F)c1)c1cccc2ccccc12. The summed E-state index contributed by atoms with van der Waals surface area (Å²) in [5.41, 5.74) is 0.412. The number of alkyl halides is 3. The smallest absolute Gasteiger partial charge is 0.310 e. The number of carbonyl (C=O) groups is 1. The van der Waals surface area contributed by atoms with Crippen LogP contribution in [0.3, 0.4) is 0 Å². The molecule has 0 saturated carbocycles. The lowest BCUT2D eigenvalue weighted by atomic mass is 9.99. The van der Waals surface area contributed by atoms with Gasteiger partial charge in [0.1, 0.15) is 0 Å². The second-order valence-corrected chi connectivity index (χ2v) is 6.50. The van der Waals surface area contributed by atoms with Crippen molar-refractivity contribution in [3.63, 3.8) is 0 Å². The molecule has 0 fully saturated rings. The number of rotatable bonds is 6. The molecule has 0 bridgehead atoms.